The van der Waals surface area contributed by atoms with E-state index < -0.39 is 0 Å². The quantitative estimate of drug-likeness (QED) is 0.915. The van der Waals surface area contributed by atoms with Gasteiger partial charge in [0.25, 0.3) is 5.56 Å². The number of aryl methyl sites for hydroxylation is 2. The number of pyridine rings is 1. The van der Waals surface area contributed by atoms with E-state index in [0.717, 1.165) is 43.7 Å². The number of aromatic amines is 1. The van der Waals surface area contributed by atoms with E-state index in [1.54, 1.807) is 6.92 Å². The number of anilines is 1. The summed E-state index contributed by atoms with van der Waals surface area (Å²) in [6, 6.07) is 7.11. The zero-order valence-electron chi connectivity index (χ0n) is 13.6. The average Bonchev–Trinajstić information content (AvgIpc) is 2.57. The van der Waals surface area contributed by atoms with Crippen LogP contribution in [0, 0.1) is 12.7 Å². The van der Waals surface area contributed by atoms with Gasteiger partial charge >= 0.3 is 0 Å². The molecule has 0 aliphatic carbocycles. The van der Waals surface area contributed by atoms with Gasteiger partial charge in [-0.15, -0.1) is 0 Å². The van der Waals surface area contributed by atoms with E-state index in [1.807, 2.05) is 30.0 Å². The maximum Gasteiger partial charge on any atom is 0.251 e. The van der Waals surface area contributed by atoms with E-state index >= 15 is 0 Å². The predicted octanol–water partition coefficient (Wildman–Crippen LogP) is 2.46. The number of piperazine rings is 1. The molecule has 0 atom stereocenters. The van der Waals surface area contributed by atoms with Crippen LogP contribution in [0.1, 0.15) is 18.1 Å². The lowest BCUT2D eigenvalue weighted by molar-refractivity contribution is 0.566. The predicted molar refractivity (Wildman–Crippen MR) is 91.7 cm³/mol. The first-order chi connectivity index (χ1) is 11.1. The monoisotopic (exact) mass is 315 g/mol. The summed E-state index contributed by atoms with van der Waals surface area (Å²) in [5, 5.41) is 3.26. The third-order valence-electron chi connectivity index (χ3n) is 4.38. The lowest BCUT2D eigenvalue weighted by Crippen LogP contribution is -2.43. The zero-order valence-corrected chi connectivity index (χ0v) is 13.6. The van der Waals surface area contributed by atoms with Gasteiger partial charge in [-0.25, -0.2) is 4.39 Å². The molecule has 0 bridgehead atoms. The number of rotatable bonds is 3. The summed E-state index contributed by atoms with van der Waals surface area (Å²) >= 11 is 0. The Bertz CT molecular complexity index is 763. The van der Waals surface area contributed by atoms with Gasteiger partial charge < -0.3 is 15.2 Å². The van der Waals surface area contributed by atoms with Crippen LogP contribution < -0.4 is 15.8 Å². The molecule has 1 aromatic heterocycles. The fraction of sp³-hybridized carbons (Fsp3) is 0.389. The fourth-order valence-corrected chi connectivity index (χ4v) is 3.05. The van der Waals surface area contributed by atoms with Crippen molar-refractivity contribution in [2.75, 3.05) is 31.1 Å². The molecule has 0 saturated carbocycles. The largest absolute Gasteiger partial charge is 0.367 e. The van der Waals surface area contributed by atoms with Crippen LogP contribution in [0.5, 0.6) is 0 Å². The highest BCUT2D eigenvalue weighted by Gasteiger charge is 2.16. The summed E-state index contributed by atoms with van der Waals surface area (Å²) in [6.07, 6.45) is 0.786. The molecule has 3 rings (SSSR count). The van der Waals surface area contributed by atoms with Crippen molar-refractivity contribution in [3.8, 4) is 11.3 Å². The summed E-state index contributed by atoms with van der Waals surface area (Å²) in [5.74, 6) is -0.243. The Hall–Kier alpha value is -2.14. The summed E-state index contributed by atoms with van der Waals surface area (Å²) in [4.78, 5) is 16.9. The van der Waals surface area contributed by atoms with E-state index in [9.17, 15) is 9.18 Å². The lowest BCUT2D eigenvalue weighted by Gasteiger charge is -2.29. The van der Waals surface area contributed by atoms with Crippen molar-refractivity contribution in [2.24, 2.45) is 0 Å². The highest BCUT2D eigenvalue weighted by molar-refractivity contribution is 5.67. The molecule has 2 N–H and O–H groups in total. The van der Waals surface area contributed by atoms with Crippen LogP contribution in [-0.4, -0.2) is 31.2 Å². The Morgan fingerprint density at radius 1 is 1.22 bits per heavy atom. The van der Waals surface area contributed by atoms with Crippen molar-refractivity contribution < 1.29 is 4.39 Å². The van der Waals surface area contributed by atoms with Gasteiger partial charge in [0.2, 0.25) is 0 Å². The summed E-state index contributed by atoms with van der Waals surface area (Å²) < 4.78 is 14.6. The molecule has 1 aliphatic heterocycles. The summed E-state index contributed by atoms with van der Waals surface area (Å²) in [6.45, 7) is 7.16. The van der Waals surface area contributed by atoms with Gasteiger partial charge in [-0.3, -0.25) is 4.79 Å². The first kappa shape index (κ1) is 15.7. The molecular weight excluding hydrogens is 293 g/mol. The van der Waals surface area contributed by atoms with E-state index in [-0.39, 0.29) is 11.4 Å². The van der Waals surface area contributed by atoms with Crippen molar-refractivity contribution in [3.05, 3.63) is 51.6 Å². The van der Waals surface area contributed by atoms with Crippen molar-refractivity contribution in [1.29, 1.82) is 0 Å². The van der Waals surface area contributed by atoms with Gasteiger partial charge in [-0.1, -0.05) is 13.0 Å². The molecule has 0 radical (unpaired) electrons. The maximum absolute atomic E-state index is 14.6. The van der Waals surface area contributed by atoms with Gasteiger partial charge in [0.05, 0.1) is 11.4 Å². The average molecular weight is 315 g/mol. The molecule has 2 aromatic rings. The van der Waals surface area contributed by atoms with Gasteiger partial charge in [0, 0.05) is 37.3 Å². The van der Waals surface area contributed by atoms with E-state index in [0.29, 0.717) is 16.9 Å². The normalized spacial score (nSPS) is 15.0. The molecule has 0 unspecified atom stereocenters. The second-order valence-electron chi connectivity index (χ2n) is 5.94. The first-order valence-electron chi connectivity index (χ1n) is 8.08. The second kappa shape index (κ2) is 6.54. The van der Waals surface area contributed by atoms with Crippen LogP contribution in [-0.2, 0) is 6.42 Å². The highest BCUT2D eigenvalue weighted by atomic mass is 19.1. The first-order valence-corrected chi connectivity index (χ1v) is 8.08. The molecule has 1 aliphatic rings. The fourth-order valence-electron chi connectivity index (χ4n) is 3.05. The Balaban J connectivity index is 2.00. The number of halogens is 1. The molecule has 2 heterocycles. The lowest BCUT2D eigenvalue weighted by atomic mass is 10.0. The SMILES string of the molecule is CCc1cc(C)c(=O)[nH]c1-c1ccc(N2CCNCC2)c(F)c1. The molecular formula is C18H22FN3O. The molecule has 1 fully saturated rings. The van der Waals surface area contributed by atoms with Gasteiger partial charge in [0.15, 0.2) is 0 Å². The minimum atomic E-state index is -0.243. The number of nitrogens with one attached hydrogen (secondary N) is 2. The number of benzene rings is 1. The van der Waals surface area contributed by atoms with Crippen molar-refractivity contribution in [2.45, 2.75) is 20.3 Å². The molecule has 5 heteroatoms. The highest BCUT2D eigenvalue weighted by Crippen LogP contribution is 2.27. The Morgan fingerprint density at radius 3 is 2.61 bits per heavy atom. The second-order valence-corrected chi connectivity index (χ2v) is 5.94. The molecule has 4 nitrogen and oxygen atoms in total. The molecule has 0 amide bonds. The van der Waals surface area contributed by atoms with Crippen molar-refractivity contribution in [1.82, 2.24) is 10.3 Å². The van der Waals surface area contributed by atoms with Gasteiger partial charge in [-0.05, 0) is 37.1 Å². The Labute approximate surface area is 135 Å². The molecule has 1 aromatic carbocycles. The van der Waals surface area contributed by atoms with Crippen LogP contribution >= 0.6 is 0 Å². The van der Waals surface area contributed by atoms with Gasteiger partial charge in [0.1, 0.15) is 5.82 Å². The van der Waals surface area contributed by atoms with Crippen molar-refractivity contribution >= 4 is 5.69 Å². The number of aromatic nitrogens is 1. The molecule has 122 valence electrons. The Kier molecular flexibility index (Phi) is 4.48. The number of hydrogen-bond donors (Lipinski definition) is 2. The molecule has 0 spiro atoms. The topological polar surface area (TPSA) is 48.1 Å². The van der Waals surface area contributed by atoms with Crippen LogP contribution in [0.15, 0.2) is 29.1 Å². The number of hydrogen-bond acceptors (Lipinski definition) is 3. The summed E-state index contributed by atoms with van der Waals surface area (Å²) in [7, 11) is 0. The van der Waals surface area contributed by atoms with Crippen LogP contribution in [0.4, 0.5) is 10.1 Å². The van der Waals surface area contributed by atoms with Gasteiger partial charge in [-0.2, -0.15) is 0 Å². The third-order valence-corrected chi connectivity index (χ3v) is 4.38. The molecule has 23 heavy (non-hydrogen) atoms. The minimum Gasteiger partial charge on any atom is -0.367 e. The smallest absolute Gasteiger partial charge is 0.251 e. The van der Waals surface area contributed by atoms with Crippen LogP contribution in [0.3, 0.4) is 0 Å². The third kappa shape index (κ3) is 3.15. The zero-order chi connectivity index (χ0) is 16.4. The number of nitrogens with zero attached hydrogens (tertiary/aromatic N) is 1. The maximum atomic E-state index is 14.6. The minimum absolute atomic E-state index is 0.121. The summed E-state index contributed by atoms with van der Waals surface area (Å²) in [5.41, 5.74) is 3.65. The van der Waals surface area contributed by atoms with E-state index in [2.05, 4.69) is 10.3 Å². The van der Waals surface area contributed by atoms with E-state index in [1.165, 1.54) is 6.07 Å². The van der Waals surface area contributed by atoms with Crippen molar-refractivity contribution in [3.63, 3.8) is 0 Å². The Morgan fingerprint density at radius 2 is 1.96 bits per heavy atom. The van der Waals surface area contributed by atoms with E-state index in [4.69, 9.17) is 0 Å². The van der Waals surface area contributed by atoms with Crippen LogP contribution in [0.2, 0.25) is 0 Å². The standard InChI is InChI=1S/C18H22FN3O/c1-3-13-10-12(2)18(23)21-17(13)14-4-5-16(15(19)11-14)22-8-6-20-7-9-22/h4-5,10-11,20H,3,6-9H2,1-2H3,(H,21,23). The number of H-pyrrole nitrogens is 1. The molecule has 1 saturated heterocycles. The van der Waals surface area contributed by atoms with Crippen LogP contribution in [0.25, 0.3) is 11.3 Å².